The zero-order valence-corrected chi connectivity index (χ0v) is 12.8. The number of hydrogen-bond acceptors (Lipinski definition) is 4. The second-order valence-corrected chi connectivity index (χ2v) is 6.68. The quantitative estimate of drug-likeness (QED) is 0.801. The molecule has 110 valence electrons. The van der Waals surface area contributed by atoms with Crippen LogP contribution in [0.1, 0.15) is 12.5 Å². The molecule has 7 heteroatoms. The Morgan fingerprint density at radius 3 is 2.75 bits per heavy atom. The van der Waals surface area contributed by atoms with Crippen molar-refractivity contribution in [2.24, 2.45) is 0 Å². The summed E-state index contributed by atoms with van der Waals surface area (Å²) in [4.78, 5) is -0.403. The van der Waals surface area contributed by atoms with Crippen molar-refractivity contribution in [1.82, 2.24) is 4.72 Å². The summed E-state index contributed by atoms with van der Waals surface area (Å²) in [7, 11) is -3.89. The summed E-state index contributed by atoms with van der Waals surface area (Å²) in [5, 5.41) is 8.56. The molecule has 0 aliphatic rings. The molecule has 4 nitrogen and oxygen atoms in total. The van der Waals surface area contributed by atoms with Crippen molar-refractivity contribution in [3.63, 3.8) is 0 Å². The second-order valence-electron chi connectivity index (χ2n) is 4.08. The largest absolute Gasteiger partial charge is 0.384 e. The van der Waals surface area contributed by atoms with Gasteiger partial charge in [0.15, 0.2) is 0 Å². The minimum atomic E-state index is -3.89. The second kappa shape index (κ2) is 7.64. The van der Waals surface area contributed by atoms with E-state index in [-0.39, 0.29) is 12.6 Å². The summed E-state index contributed by atoms with van der Waals surface area (Å²) in [6, 6.07) is 3.32. The monoisotopic (exact) mass is 317 g/mol. The van der Waals surface area contributed by atoms with Crippen molar-refractivity contribution >= 4 is 21.8 Å². The Labute approximate surface area is 122 Å². The lowest BCUT2D eigenvalue weighted by atomic mass is 10.2. The lowest BCUT2D eigenvalue weighted by Crippen LogP contribution is -2.34. The van der Waals surface area contributed by atoms with E-state index in [9.17, 15) is 12.8 Å². The highest BCUT2D eigenvalue weighted by atomic mass is 32.2. The van der Waals surface area contributed by atoms with E-state index in [1.54, 1.807) is 6.92 Å². The fourth-order valence-corrected chi connectivity index (χ4v) is 3.54. The van der Waals surface area contributed by atoms with Crippen molar-refractivity contribution in [3.05, 3.63) is 29.6 Å². The van der Waals surface area contributed by atoms with E-state index in [0.717, 1.165) is 6.07 Å². The molecule has 0 aliphatic heterocycles. The topological polar surface area (TPSA) is 66.4 Å². The molecule has 1 aromatic rings. The maximum Gasteiger partial charge on any atom is 0.243 e. The van der Waals surface area contributed by atoms with Gasteiger partial charge in [-0.05, 0) is 31.4 Å². The molecule has 0 heterocycles. The van der Waals surface area contributed by atoms with Crippen LogP contribution in [0.15, 0.2) is 23.1 Å². The van der Waals surface area contributed by atoms with Gasteiger partial charge in [0.1, 0.15) is 17.3 Å². The Balaban J connectivity index is 3.01. The fourth-order valence-electron chi connectivity index (χ4n) is 1.55. The van der Waals surface area contributed by atoms with Gasteiger partial charge in [0.25, 0.3) is 0 Å². The third-order valence-electron chi connectivity index (χ3n) is 2.31. The molecular weight excluding hydrogens is 301 g/mol. The van der Waals surface area contributed by atoms with Crippen molar-refractivity contribution in [1.29, 1.82) is 0 Å². The van der Waals surface area contributed by atoms with E-state index in [4.69, 9.17) is 5.11 Å². The number of rotatable bonds is 5. The van der Waals surface area contributed by atoms with E-state index < -0.39 is 20.7 Å². The van der Waals surface area contributed by atoms with Gasteiger partial charge in [0, 0.05) is 17.4 Å². The average Bonchev–Trinajstić information content (AvgIpc) is 2.35. The third kappa shape index (κ3) is 4.80. The number of halogens is 1. The molecule has 0 saturated carbocycles. The third-order valence-corrected chi connectivity index (χ3v) is 4.76. The number of aliphatic hydroxyl groups is 1. The van der Waals surface area contributed by atoms with E-state index >= 15 is 0 Å². The smallest absolute Gasteiger partial charge is 0.243 e. The van der Waals surface area contributed by atoms with Gasteiger partial charge in [-0.3, -0.25) is 0 Å². The highest BCUT2D eigenvalue weighted by Crippen LogP contribution is 2.16. The summed E-state index contributed by atoms with van der Waals surface area (Å²) >= 11 is 1.50. The standard InChI is InChI=1S/C13H16FNO3S2/c1-10(9-19-2)15-20(17,18)13-6-5-11(4-3-7-16)8-12(13)14/h5-6,8,10,15-16H,7,9H2,1-2H3. The van der Waals surface area contributed by atoms with Crippen molar-refractivity contribution in [2.75, 3.05) is 18.6 Å². The Morgan fingerprint density at radius 2 is 2.20 bits per heavy atom. The SMILES string of the molecule is CSCC(C)NS(=O)(=O)c1ccc(C#CCO)cc1F. The zero-order valence-electron chi connectivity index (χ0n) is 11.2. The van der Waals surface area contributed by atoms with Gasteiger partial charge in [0.2, 0.25) is 10.0 Å². The van der Waals surface area contributed by atoms with Gasteiger partial charge in [-0.25, -0.2) is 17.5 Å². The van der Waals surface area contributed by atoms with Crippen LogP contribution in [-0.2, 0) is 10.0 Å². The minimum Gasteiger partial charge on any atom is -0.384 e. The maximum absolute atomic E-state index is 13.9. The molecule has 0 bridgehead atoms. The van der Waals surface area contributed by atoms with Crippen LogP contribution in [0.3, 0.4) is 0 Å². The highest BCUT2D eigenvalue weighted by molar-refractivity contribution is 7.98. The lowest BCUT2D eigenvalue weighted by molar-refractivity contribution is 0.350. The molecule has 0 aliphatic carbocycles. The van der Waals surface area contributed by atoms with Gasteiger partial charge in [-0.15, -0.1) is 0 Å². The van der Waals surface area contributed by atoms with Gasteiger partial charge >= 0.3 is 0 Å². The highest BCUT2D eigenvalue weighted by Gasteiger charge is 2.21. The Morgan fingerprint density at radius 1 is 1.50 bits per heavy atom. The molecule has 0 spiro atoms. The van der Waals surface area contributed by atoms with Crippen LogP contribution in [0.25, 0.3) is 0 Å². The van der Waals surface area contributed by atoms with Crippen LogP contribution in [0, 0.1) is 17.7 Å². The van der Waals surface area contributed by atoms with Crippen LogP contribution >= 0.6 is 11.8 Å². The molecule has 1 atom stereocenters. The van der Waals surface area contributed by atoms with Crippen molar-refractivity contribution < 1.29 is 17.9 Å². The molecule has 20 heavy (non-hydrogen) atoms. The van der Waals surface area contributed by atoms with Crippen LogP contribution in [0.4, 0.5) is 4.39 Å². The summed E-state index contributed by atoms with van der Waals surface area (Å²) < 4.78 is 40.3. The summed E-state index contributed by atoms with van der Waals surface area (Å²) in [5.74, 6) is 4.62. The molecule has 2 N–H and O–H groups in total. The molecule has 1 aromatic carbocycles. The Hall–Kier alpha value is -1.07. The Bertz CT molecular complexity index is 620. The number of nitrogens with one attached hydrogen (secondary N) is 1. The maximum atomic E-state index is 13.9. The first-order valence-corrected chi connectivity index (χ1v) is 8.69. The van der Waals surface area contributed by atoms with Gasteiger partial charge in [-0.2, -0.15) is 11.8 Å². The minimum absolute atomic E-state index is 0.289. The number of benzene rings is 1. The van der Waals surface area contributed by atoms with E-state index in [1.165, 1.54) is 23.9 Å². The summed E-state index contributed by atoms with van der Waals surface area (Å²) in [6.45, 7) is 1.38. The van der Waals surface area contributed by atoms with Crippen LogP contribution < -0.4 is 4.72 Å². The normalized spacial score (nSPS) is 12.6. The molecular formula is C13H16FNO3S2. The van der Waals surface area contributed by atoms with Crippen molar-refractivity contribution in [3.8, 4) is 11.8 Å². The number of thioether (sulfide) groups is 1. The first kappa shape index (κ1) is 17.0. The number of sulfonamides is 1. The predicted molar refractivity (Wildman–Crippen MR) is 78.5 cm³/mol. The number of aliphatic hydroxyl groups excluding tert-OH is 1. The van der Waals surface area contributed by atoms with Crippen LogP contribution in [0.2, 0.25) is 0 Å². The first-order chi connectivity index (χ1) is 9.40. The van der Waals surface area contributed by atoms with Crippen LogP contribution in [-0.4, -0.2) is 38.2 Å². The van der Waals surface area contributed by atoms with Gasteiger partial charge in [-0.1, -0.05) is 11.8 Å². The molecule has 1 rings (SSSR count). The average molecular weight is 317 g/mol. The van der Waals surface area contributed by atoms with Gasteiger partial charge in [0.05, 0.1) is 0 Å². The zero-order chi connectivity index (χ0) is 15.2. The van der Waals surface area contributed by atoms with E-state index in [1.807, 2.05) is 6.26 Å². The van der Waals surface area contributed by atoms with E-state index in [2.05, 4.69) is 16.6 Å². The molecule has 0 amide bonds. The molecule has 0 fully saturated rings. The first-order valence-electron chi connectivity index (χ1n) is 5.81. The number of hydrogen-bond donors (Lipinski definition) is 2. The Kier molecular flexibility index (Phi) is 6.49. The fraction of sp³-hybridized carbons (Fsp3) is 0.385. The van der Waals surface area contributed by atoms with Gasteiger partial charge < -0.3 is 5.11 Å². The molecule has 0 saturated heterocycles. The molecule has 0 aromatic heterocycles. The predicted octanol–water partition coefficient (Wildman–Crippen LogP) is 1.20. The molecule has 0 radical (unpaired) electrons. The van der Waals surface area contributed by atoms with Crippen LogP contribution in [0.5, 0.6) is 0 Å². The lowest BCUT2D eigenvalue weighted by Gasteiger charge is -2.13. The molecule has 1 unspecified atom stereocenters. The summed E-state index contributed by atoms with van der Waals surface area (Å²) in [6.07, 6.45) is 1.86. The van der Waals surface area contributed by atoms with Crippen molar-refractivity contribution in [2.45, 2.75) is 17.9 Å². The van der Waals surface area contributed by atoms with E-state index in [0.29, 0.717) is 11.3 Å². The summed E-state index contributed by atoms with van der Waals surface area (Å²) in [5.41, 5.74) is 0.313.